The van der Waals surface area contributed by atoms with Crippen LogP contribution in [0.3, 0.4) is 0 Å². The first-order valence-corrected chi connectivity index (χ1v) is 3.52. The van der Waals surface area contributed by atoms with Gasteiger partial charge >= 0.3 is 30.9 Å². The Morgan fingerprint density at radius 3 is 1.81 bits per heavy atom. The number of halogens is 8. The average molecular weight is 260 g/mol. The SMILES string of the molecule is O=C(CC(F)(F)C(F)(F)C(F)F)OC(F)F. The Bertz CT molecular complexity index is 251. The topological polar surface area (TPSA) is 26.3 Å². The molecule has 0 fully saturated rings. The van der Waals surface area contributed by atoms with Crippen LogP contribution in [0.2, 0.25) is 0 Å². The molecule has 0 saturated carbocycles. The summed E-state index contributed by atoms with van der Waals surface area (Å²) in [6.07, 6.45) is -7.30. The van der Waals surface area contributed by atoms with Gasteiger partial charge in [-0.1, -0.05) is 0 Å². The summed E-state index contributed by atoms with van der Waals surface area (Å²) in [5.41, 5.74) is 0. The Balaban J connectivity index is 4.62. The van der Waals surface area contributed by atoms with Crippen LogP contribution in [0.1, 0.15) is 6.42 Å². The monoisotopic (exact) mass is 260 g/mol. The second kappa shape index (κ2) is 4.83. The van der Waals surface area contributed by atoms with Gasteiger partial charge in [0.25, 0.3) is 0 Å². The Morgan fingerprint density at radius 1 is 1.06 bits per heavy atom. The van der Waals surface area contributed by atoms with Crippen molar-refractivity contribution < 1.29 is 44.7 Å². The van der Waals surface area contributed by atoms with E-state index in [4.69, 9.17) is 0 Å². The molecule has 96 valence electrons. The lowest BCUT2D eigenvalue weighted by Crippen LogP contribution is -2.47. The molecule has 0 unspecified atom stereocenters. The first-order chi connectivity index (χ1) is 7.00. The number of hydrogen-bond donors (Lipinski definition) is 0. The van der Waals surface area contributed by atoms with Crippen LogP contribution in [0, 0.1) is 0 Å². The first kappa shape index (κ1) is 14.9. The minimum absolute atomic E-state index is 2.40. The second-order valence-corrected chi connectivity index (χ2v) is 2.56. The zero-order chi connectivity index (χ0) is 13.1. The zero-order valence-corrected chi connectivity index (χ0v) is 7.20. The maximum absolute atomic E-state index is 12.4. The van der Waals surface area contributed by atoms with Crippen molar-refractivity contribution in [2.45, 2.75) is 31.3 Å². The van der Waals surface area contributed by atoms with Crippen LogP contribution in [0.25, 0.3) is 0 Å². The van der Waals surface area contributed by atoms with Gasteiger partial charge in [-0.05, 0) is 0 Å². The van der Waals surface area contributed by atoms with Gasteiger partial charge in [-0.3, -0.25) is 4.79 Å². The molecular weight excluding hydrogens is 256 g/mol. The molecule has 0 radical (unpaired) electrons. The van der Waals surface area contributed by atoms with Crippen molar-refractivity contribution in [1.29, 1.82) is 0 Å². The highest BCUT2D eigenvalue weighted by Gasteiger charge is 2.63. The van der Waals surface area contributed by atoms with Crippen LogP contribution >= 0.6 is 0 Å². The molecule has 0 aromatic heterocycles. The molecule has 0 aliphatic rings. The highest BCUT2D eigenvalue weighted by molar-refractivity contribution is 5.70. The number of hydrogen-bond acceptors (Lipinski definition) is 2. The van der Waals surface area contributed by atoms with Gasteiger partial charge in [0, 0.05) is 0 Å². The van der Waals surface area contributed by atoms with Gasteiger partial charge in [-0.25, -0.2) is 8.78 Å². The van der Waals surface area contributed by atoms with Crippen molar-refractivity contribution in [3.8, 4) is 0 Å². The molecule has 0 aromatic rings. The van der Waals surface area contributed by atoms with Gasteiger partial charge in [0.05, 0.1) is 0 Å². The fourth-order valence-corrected chi connectivity index (χ4v) is 0.600. The molecule has 0 heterocycles. The van der Waals surface area contributed by atoms with Gasteiger partial charge < -0.3 is 4.74 Å². The maximum Gasteiger partial charge on any atom is 0.389 e. The average Bonchev–Trinajstić information content (AvgIpc) is 1.99. The van der Waals surface area contributed by atoms with Crippen LogP contribution in [0.15, 0.2) is 0 Å². The van der Waals surface area contributed by atoms with Gasteiger partial charge in [0.15, 0.2) is 0 Å². The largest absolute Gasteiger partial charge is 0.403 e. The van der Waals surface area contributed by atoms with Crippen molar-refractivity contribution in [2.75, 3.05) is 0 Å². The summed E-state index contributed by atoms with van der Waals surface area (Å²) < 4.78 is 97.4. The Kier molecular flexibility index (Phi) is 4.50. The number of rotatable bonds is 5. The third kappa shape index (κ3) is 3.49. The lowest BCUT2D eigenvalue weighted by atomic mass is 10.1. The van der Waals surface area contributed by atoms with E-state index in [1.807, 2.05) is 0 Å². The molecule has 0 aliphatic carbocycles. The van der Waals surface area contributed by atoms with Crippen molar-refractivity contribution in [3.05, 3.63) is 0 Å². The third-order valence-electron chi connectivity index (χ3n) is 1.35. The molecule has 0 N–H and O–H groups in total. The van der Waals surface area contributed by atoms with Crippen LogP contribution in [-0.2, 0) is 9.53 Å². The van der Waals surface area contributed by atoms with Crippen molar-refractivity contribution in [2.24, 2.45) is 0 Å². The molecule has 0 atom stereocenters. The second-order valence-electron chi connectivity index (χ2n) is 2.56. The summed E-state index contributed by atoms with van der Waals surface area (Å²) in [6, 6.07) is 0. The summed E-state index contributed by atoms with van der Waals surface area (Å²) in [5.74, 6) is -13.7. The van der Waals surface area contributed by atoms with E-state index in [9.17, 15) is 39.9 Å². The molecule has 10 heteroatoms. The van der Waals surface area contributed by atoms with Crippen LogP contribution in [0.5, 0.6) is 0 Å². The standard InChI is InChI=1S/C6H4F8O2/c7-3(8)6(13,14)5(11,12)1-2(15)16-4(9)10/h3-4H,1H2. The number of alkyl halides is 8. The summed E-state index contributed by atoms with van der Waals surface area (Å²) in [4.78, 5) is 10.2. The van der Waals surface area contributed by atoms with E-state index in [0.717, 1.165) is 0 Å². The third-order valence-corrected chi connectivity index (χ3v) is 1.35. The summed E-state index contributed by atoms with van der Waals surface area (Å²) in [6.45, 7) is -3.79. The normalized spacial score (nSPS) is 13.4. The number of ether oxygens (including phenoxy) is 1. The van der Waals surface area contributed by atoms with E-state index in [1.165, 1.54) is 0 Å². The molecule has 0 spiro atoms. The van der Waals surface area contributed by atoms with E-state index < -0.39 is 37.3 Å². The van der Waals surface area contributed by atoms with E-state index in [1.54, 1.807) is 0 Å². The fourth-order valence-electron chi connectivity index (χ4n) is 0.600. The first-order valence-electron chi connectivity index (χ1n) is 3.52. The lowest BCUT2D eigenvalue weighted by Gasteiger charge is -2.24. The van der Waals surface area contributed by atoms with Crippen molar-refractivity contribution in [1.82, 2.24) is 0 Å². The molecule has 0 aromatic carbocycles. The predicted molar refractivity (Wildman–Crippen MR) is 32.6 cm³/mol. The Hall–Kier alpha value is -1.09. The molecule has 0 saturated heterocycles. The van der Waals surface area contributed by atoms with Crippen LogP contribution < -0.4 is 0 Å². The van der Waals surface area contributed by atoms with Gasteiger partial charge in [-0.2, -0.15) is 26.3 Å². The maximum atomic E-state index is 12.4. The minimum Gasteiger partial charge on any atom is -0.403 e. The number of esters is 1. The summed E-state index contributed by atoms with van der Waals surface area (Å²) in [5, 5.41) is 0. The van der Waals surface area contributed by atoms with E-state index >= 15 is 0 Å². The fraction of sp³-hybridized carbons (Fsp3) is 0.833. The molecule has 16 heavy (non-hydrogen) atoms. The Labute approximate surface area is 83.2 Å². The quantitative estimate of drug-likeness (QED) is 0.561. The van der Waals surface area contributed by atoms with Gasteiger partial charge in [0.1, 0.15) is 6.42 Å². The van der Waals surface area contributed by atoms with Crippen LogP contribution in [-0.4, -0.2) is 30.9 Å². The molecular formula is C6H4F8O2. The molecule has 0 aliphatic heterocycles. The van der Waals surface area contributed by atoms with Crippen molar-refractivity contribution in [3.63, 3.8) is 0 Å². The lowest BCUT2D eigenvalue weighted by molar-refractivity contribution is -0.268. The highest BCUT2D eigenvalue weighted by Crippen LogP contribution is 2.41. The molecule has 0 amide bonds. The summed E-state index contributed by atoms with van der Waals surface area (Å²) >= 11 is 0. The van der Waals surface area contributed by atoms with E-state index in [2.05, 4.69) is 4.74 Å². The van der Waals surface area contributed by atoms with Crippen molar-refractivity contribution >= 4 is 5.97 Å². The van der Waals surface area contributed by atoms with Crippen LogP contribution in [0.4, 0.5) is 35.1 Å². The smallest absolute Gasteiger partial charge is 0.389 e. The minimum atomic E-state index is -5.80. The number of carbonyl (C=O) groups is 1. The summed E-state index contributed by atoms with van der Waals surface area (Å²) in [7, 11) is 0. The van der Waals surface area contributed by atoms with E-state index in [-0.39, 0.29) is 0 Å². The molecule has 0 rings (SSSR count). The zero-order valence-electron chi connectivity index (χ0n) is 7.20. The highest BCUT2D eigenvalue weighted by atomic mass is 19.3. The molecule has 2 nitrogen and oxygen atoms in total. The van der Waals surface area contributed by atoms with E-state index in [0.29, 0.717) is 0 Å². The predicted octanol–water partition coefficient (Wildman–Crippen LogP) is 2.68. The molecule has 0 bridgehead atoms. The number of carbonyl (C=O) groups excluding carboxylic acids is 1. The van der Waals surface area contributed by atoms with Gasteiger partial charge in [0.2, 0.25) is 0 Å². The Morgan fingerprint density at radius 2 is 1.50 bits per heavy atom. The van der Waals surface area contributed by atoms with Gasteiger partial charge in [-0.15, -0.1) is 0 Å².